The molecule has 2 fully saturated rings. The number of anilines is 1. The van der Waals surface area contributed by atoms with Crippen molar-refractivity contribution in [3.8, 4) is 5.75 Å². The van der Waals surface area contributed by atoms with E-state index in [2.05, 4.69) is 20.5 Å². The number of hydrogen-bond acceptors (Lipinski definition) is 4. The Balaban J connectivity index is 0.00000280. The van der Waals surface area contributed by atoms with Crippen LogP contribution in [0.4, 0.5) is 5.69 Å². The molecule has 1 amide bonds. The SMILES string of the molecule is CN=C(NCC(=O)N1CCCC1)NC1CCN(c2cc(Cl)ccc2OC)C1.I. The molecule has 1 unspecified atom stereocenters. The topological polar surface area (TPSA) is 69.2 Å². The number of ether oxygens (including phenoxy) is 1. The third-order valence-electron chi connectivity index (χ3n) is 5.10. The predicted octanol–water partition coefficient (Wildman–Crippen LogP) is 2.33. The molecule has 28 heavy (non-hydrogen) atoms. The van der Waals surface area contributed by atoms with Crippen molar-refractivity contribution in [2.75, 3.05) is 51.8 Å². The lowest BCUT2D eigenvalue weighted by molar-refractivity contribution is -0.128. The van der Waals surface area contributed by atoms with Crippen LogP contribution in [0.1, 0.15) is 19.3 Å². The van der Waals surface area contributed by atoms with E-state index in [1.807, 2.05) is 23.1 Å². The Hall–Kier alpha value is -1.42. The van der Waals surface area contributed by atoms with E-state index in [-0.39, 0.29) is 42.5 Å². The van der Waals surface area contributed by atoms with Crippen LogP contribution in [0.5, 0.6) is 5.75 Å². The molecule has 0 spiro atoms. The lowest BCUT2D eigenvalue weighted by Gasteiger charge is -2.23. The molecule has 1 aromatic rings. The van der Waals surface area contributed by atoms with E-state index in [4.69, 9.17) is 16.3 Å². The van der Waals surface area contributed by atoms with Gasteiger partial charge in [-0.2, -0.15) is 0 Å². The first-order chi connectivity index (χ1) is 13.1. The molecule has 2 heterocycles. The minimum absolute atomic E-state index is 0. The van der Waals surface area contributed by atoms with Gasteiger partial charge in [0.25, 0.3) is 0 Å². The molecule has 156 valence electrons. The van der Waals surface area contributed by atoms with Gasteiger partial charge in [-0.3, -0.25) is 9.79 Å². The van der Waals surface area contributed by atoms with Crippen LogP contribution in [0, 0.1) is 0 Å². The summed E-state index contributed by atoms with van der Waals surface area (Å²) in [5.74, 6) is 1.61. The highest BCUT2D eigenvalue weighted by atomic mass is 127. The number of guanidine groups is 1. The fourth-order valence-corrected chi connectivity index (χ4v) is 3.80. The van der Waals surface area contributed by atoms with Crippen LogP contribution in [0.2, 0.25) is 5.02 Å². The molecule has 0 saturated carbocycles. The number of aliphatic imine (C=N–C) groups is 1. The van der Waals surface area contributed by atoms with Crippen molar-refractivity contribution in [2.45, 2.75) is 25.3 Å². The maximum Gasteiger partial charge on any atom is 0.241 e. The van der Waals surface area contributed by atoms with Crippen molar-refractivity contribution in [3.63, 3.8) is 0 Å². The number of carbonyl (C=O) groups excluding carboxylic acids is 1. The molecule has 9 heteroatoms. The van der Waals surface area contributed by atoms with Crippen molar-refractivity contribution < 1.29 is 9.53 Å². The molecule has 3 rings (SSSR count). The summed E-state index contributed by atoms with van der Waals surface area (Å²) in [6.45, 7) is 3.73. The molecule has 2 aliphatic rings. The second kappa shape index (κ2) is 10.9. The number of halogens is 2. The van der Waals surface area contributed by atoms with Gasteiger partial charge in [-0.05, 0) is 37.5 Å². The first-order valence-electron chi connectivity index (χ1n) is 9.44. The van der Waals surface area contributed by atoms with Crippen LogP contribution in [0.25, 0.3) is 0 Å². The summed E-state index contributed by atoms with van der Waals surface area (Å²) in [6.07, 6.45) is 3.17. The van der Waals surface area contributed by atoms with Gasteiger partial charge in [0.05, 0.1) is 19.3 Å². The maximum atomic E-state index is 12.2. The van der Waals surface area contributed by atoms with Crippen LogP contribution in [0.15, 0.2) is 23.2 Å². The van der Waals surface area contributed by atoms with Crippen LogP contribution in [-0.2, 0) is 4.79 Å². The monoisotopic (exact) mass is 521 g/mol. The van der Waals surface area contributed by atoms with Gasteiger partial charge < -0.3 is 25.2 Å². The molecule has 2 saturated heterocycles. The standard InChI is InChI=1S/C19H28ClN5O2.HI/c1-21-19(22-12-18(26)24-8-3-4-9-24)23-15-7-10-25(13-15)16-11-14(20)5-6-17(16)27-2;/h5-6,11,15H,3-4,7-10,12-13H2,1-2H3,(H2,21,22,23);1H. The quantitative estimate of drug-likeness (QED) is 0.354. The Morgan fingerprint density at radius 3 is 2.75 bits per heavy atom. The number of rotatable bonds is 5. The Labute approximate surface area is 188 Å². The van der Waals surface area contributed by atoms with Crippen molar-refractivity contribution in [2.24, 2.45) is 4.99 Å². The predicted molar refractivity (Wildman–Crippen MR) is 124 cm³/mol. The summed E-state index contributed by atoms with van der Waals surface area (Å²) in [4.78, 5) is 20.6. The zero-order valence-corrected chi connectivity index (χ0v) is 19.5. The molecular formula is C19H29ClIN5O2. The first-order valence-corrected chi connectivity index (χ1v) is 9.82. The van der Waals surface area contributed by atoms with Gasteiger partial charge in [-0.25, -0.2) is 0 Å². The Morgan fingerprint density at radius 2 is 2.07 bits per heavy atom. The lowest BCUT2D eigenvalue weighted by atomic mass is 10.2. The molecule has 2 N–H and O–H groups in total. The van der Waals surface area contributed by atoms with Crippen molar-refractivity contribution in [1.29, 1.82) is 0 Å². The Morgan fingerprint density at radius 1 is 1.32 bits per heavy atom. The van der Waals surface area contributed by atoms with E-state index in [0.29, 0.717) is 11.0 Å². The van der Waals surface area contributed by atoms with Crippen molar-refractivity contribution in [3.05, 3.63) is 23.2 Å². The average Bonchev–Trinajstić information content (AvgIpc) is 3.36. The van der Waals surface area contributed by atoms with E-state index in [1.54, 1.807) is 14.2 Å². The second-order valence-electron chi connectivity index (χ2n) is 6.91. The number of carbonyl (C=O) groups is 1. The van der Waals surface area contributed by atoms with Crippen LogP contribution >= 0.6 is 35.6 Å². The van der Waals surface area contributed by atoms with Gasteiger partial charge in [0.2, 0.25) is 5.91 Å². The number of benzene rings is 1. The molecule has 0 aromatic heterocycles. The first kappa shape index (κ1) is 22.9. The molecule has 7 nitrogen and oxygen atoms in total. The normalized spacial score (nSPS) is 19.4. The number of methoxy groups -OCH3 is 1. The number of nitrogens with one attached hydrogen (secondary N) is 2. The van der Waals surface area contributed by atoms with Gasteiger partial charge >= 0.3 is 0 Å². The summed E-state index contributed by atoms with van der Waals surface area (Å²) in [7, 11) is 3.39. The molecule has 0 radical (unpaired) electrons. The molecule has 1 aromatic carbocycles. The minimum atomic E-state index is 0. The summed E-state index contributed by atoms with van der Waals surface area (Å²) in [5.41, 5.74) is 1.00. The van der Waals surface area contributed by atoms with Crippen molar-refractivity contribution in [1.82, 2.24) is 15.5 Å². The van der Waals surface area contributed by atoms with Gasteiger partial charge in [-0.15, -0.1) is 24.0 Å². The highest BCUT2D eigenvalue weighted by molar-refractivity contribution is 14.0. The third kappa shape index (κ3) is 5.79. The second-order valence-corrected chi connectivity index (χ2v) is 7.34. The maximum absolute atomic E-state index is 12.2. The number of hydrogen-bond donors (Lipinski definition) is 2. The van der Waals surface area contributed by atoms with Gasteiger partial charge in [-0.1, -0.05) is 11.6 Å². The van der Waals surface area contributed by atoms with Gasteiger partial charge in [0.1, 0.15) is 5.75 Å². The Kier molecular flexibility index (Phi) is 8.94. The smallest absolute Gasteiger partial charge is 0.241 e. The zero-order chi connectivity index (χ0) is 19.2. The van der Waals surface area contributed by atoms with E-state index in [0.717, 1.165) is 56.9 Å². The fraction of sp³-hybridized carbons (Fsp3) is 0.579. The van der Waals surface area contributed by atoms with E-state index in [9.17, 15) is 4.79 Å². The summed E-state index contributed by atoms with van der Waals surface area (Å²) >= 11 is 6.16. The fourth-order valence-electron chi connectivity index (χ4n) is 3.63. The van der Waals surface area contributed by atoms with Crippen LogP contribution in [-0.4, -0.2) is 69.7 Å². The lowest BCUT2D eigenvalue weighted by Crippen LogP contribution is -2.48. The van der Waals surface area contributed by atoms with E-state index < -0.39 is 0 Å². The van der Waals surface area contributed by atoms with E-state index >= 15 is 0 Å². The Bertz CT molecular complexity index is 697. The van der Waals surface area contributed by atoms with E-state index in [1.165, 1.54) is 0 Å². The highest BCUT2D eigenvalue weighted by Crippen LogP contribution is 2.33. The van der Waals surface area contributed by atoms with Gasteiger partial charge in [0, 0.05) is 44.3 Å². The third-order valence-corrected chi connectivity index (χ3v) is 5.34. The number of nitrogens with zero attached hydrogens (tertiary/aromatic N) is 3. The molecule has 0 bridgehead atoms. The molecule has 1 atom stereocenters. The molecular weight excluding hydrogens is 493 g/mol. The molecule has 0 aliphatic carbocycles. The largest absolute Gasteiger partial charge is 0.495 e. The zero-order valence-electron chi connectivity index (χ0n) is 16.4. The van der Waals surface area contributed by atoms with Crippen LogP contribution in [0.3, 0.4) is 0 Å². The average molecular weight is 522 g/mol. The highest BCUT2D eigenvalue weighted by Gasteiger charge is 2.26. The molecule has 2 aliphatic heterocycles. The summed E-state index contributed by atoms with van der Waals surface area (Å²) < 4.78 is 5.46. The number of amides is 1. The number of likely N-dealkylation sites (tertiary alicyclic amines) is 1. The summed E-state index contributed by atoms with van der Waals surface area (Å²) in [6, 6.07) is 5.90. The van der Waals surface area contributed by atoms with Crippen LogP contribution < -0.4 is 20.3 Å². The van der Waals surface area contributed by atoms with Crippen molar-refractivity contribution >= 4 is 53.1 Å². The minimum Gasteiger partial charge on any atom is -0.495 e. The summed E-state index contributed by atoms with van der Waals surface area (Å²) in [5, 5.41) is 7.25. The van der Waals surface area contributed by atoms with Gasteiger partial charge in [0.15, 0.2) is 5.96 Å².